The first-order valence-electron chi connectivity index (χ1n) is 11.8. The fourth-order valence-electron chi connectivity index (χ4n) is 4.62. The Kier molecular flexibility index (Phi) is 7.42. The molecule has 1 amide bonds. The predicted molar refractivity (Wildman–Crippen MR) is 131 cm³/mol. The van der Waals surface area contributed by atoms with E-state index in [0.29, 0.717) is 25.3 Å². The second-order valence-corrected chi connectivity index (χ2v) is 12.6. The number of nitrogens with one attached hydrogen (secondary N) is 1. The van der Waals surface area contributed by atoms with Crippen LogP contribution < -0.4 is 5.32 Å². The SMILES string of the molecule is CCC1CCCCN1S(=O)(=O)c1ccc(NC(=O)c2cccc(S(=O)(=O)N3CCCC3)c2)cc1. The summed E-state index contributed by atoms with van der Waals surface area (Å²) >= 11 is 0. The highest BCUT2D eigenvalue weighted by atomic mass is 32.2. The maximum absolute atomic E-state index is 13.1. The summed E-state index contributed by atoms with van der Waals surface area (Å²) in [6.45, 7) is 3.51. The Morgan fingerprint density at radius 3 is 2.24 bits per heavy atom. The van der Waals surface area contributed by atoms with Gasteiger partial charge in [0.1, 0.15) is 0 Å². The van der Waals surface area contributed by atoms with E-state index in [2.05, 4.69) is 5.32 Å². The summed E-state index contributed by atoms with van der Waals surface area (Å²) in [6.07, 6.45) is 5.22. The van der Waals surface area contributed by atoms with Crippen molar-refractivity contribution < 1.29 is 21.6 Å². The molecule has 0 spiro atoms. The van der Waals surface area contributed by atoms with E-state index in [1.165, 1.54) is 28.6 Å². The van der Waals surface area contributed by atoms with Crippen LogP contribution in [0.2, 0.25) is 0 Å². The Labute approximate surface area is 202 Å². The number of sulfonamides is 2. The summed E-state index contributed by atoms with van der Waals surface area (Å²) in [6, 6.07) is 12.1. The van der Waals surface area contributed by atoms with Gasteiger partial charge in [-0.15, -0.1) is 0 Å². The Bertz CT molecular complexity index is 1240. The zero-order valence-electron chi connectivity index (χ0n) is 19.3. The lowest BCUT2D eigenvalue weighted by Crippen LogP contribution is -2.43. The van der Waals surface area contributed by atoms with Crippen LogP contribution in [-0.4, -0.2) is 57.0 Å². The molecule has 0 bridgehead atoms. The lowest BCUT2D eigenvalue weighted by molar-refractivity contribution is 0.102. The third-order valence-corrected chi connectivity index (χ3v) is 10.4. The standard InChI is InChI=1S/C24H31N3O5S2/c1-2-21-9-3-4-17-27(21)34(31,32)22-13-11-20(12-14-22)25-24(28)19-8-7-10-23(18-19)33(29,30)26-15-5-6-16-26/h7-8,10-14,18,21H,2-6,9,15-17H2,1H3,(H,25,28). The van der Waals surface area contributed by atoms with Crippen molar-refractivity contribution in [3.05, 3.63) is 54.1 Å². The van der Waals surface area contributed by atoms with E-state index in [1.54, 1.807) is 28.6 Å². The summed E-state index contributed by atoms with van der Waals surface area (Å²) in [5.41, 5.74) is 0.651. The van der Waals surface area contributed by atoms with E-state index in [9.17, 15) is 21.6 Å². The van der Waals surface area contributed by atoms with Crippen molar-refractivity contribution in [2.45, 2.75) is 61.3 Å². The Hall–Kier alpha value is -2.27. The molecular weight excluding hydrogens is 474 g/mol. The van der Waals surface area contributed by atoms with Gasteiger partial charge in [-0.1, -0.05) is 19.4 Å². The highest BCUT2D eigenvalue weighted by Crippen LogP contribution is 2.28. The normalized spacial score (nSPS) is 20.3. The van der Waals surface area contributed by atoms with Crippen molar-refractivity contribution in [3.63, 3.8) is 0 Å². The van der Waals surface area contributed by atoms with E-state index < -0.39 is 26.0 Å². The fraction of sp³-hybridized carbons (Fsp3) is 0.458. The molecule has 2 aliphatic heterocycles. The molecule has 2 fully saturated rings. The van der Waals surface area contributed by atoms with Crippen molar-refractivity contribution in [2.75, 3.05) is 25.0 Å². The maximum atomic E-state index is 13.1. The Morgan fingerprint density at radius 1 is 0.882 bits per heavy atom. The largest absolute Gasteiger partial charge is 0.322 e. The first-order valence-corrected chi connectivity index (χ1v) is 14.6. The number of hydrogen-bond acceptors (Lipinski definition) is 5. The van der Waals surface area contributed by atoms with Crippen LogP contribution in [0.3, 0.4) is 0 Å². The molecule has 8 nitrogen and oxygen atoms in total. The number of anilines is 1. The molecule has 2 aromatic rings. The van der Waals surface area contributed by atoms with Gasteiger partial charge in [-0.3, -0.25) is 4.79 Å². The molecule has 0 aromatic heterocycles. The van der Waals surface area contributed by atoms with Gasteiger partial charge < -0.3 is 5.32 Å². The van der Waals surface area contributed by atoms with Gasteiger partial charge in [0.15, 0.2) is 0 Å². The zero-order chi connectivity index (χ0) is 24.3. The summed E-state index contributed by atoms with van der Waals surface area (Å²) in [5.74, 6) is -0.462. The average Bonchev–Trinajstić information content (AvgIpc) is 3.40. The van der Waals surface area contributed by atoms with Crippen LogP contribution in [0, 0.1) is 0 Å². The van der Waals surface area contributed by atoms with Crippen LogP contribution in [0.5, 0.6) is 0 Å². The van der Waals surface area contributed by atoms with Crippen molar-refractivity contribution in [1.29, 1.82) is 0 Å². The molecule has 34 heavy (non-hydrogen) atoms. The third kappa shape index (κ3) is 5.05. The molecule has 4 rings (SSSR count). The van der Waals surface area contributed by atoms with Crippen molar-refractivity contribution in [1.82, 2.24) is 8.61 Å². The molecule has 0 radical (unpaired) electrons. The summed E-state index contributed by atoms with van der Waals surface area (Å²) in [5, 5.41) is 2.73. The van der Waals surface area contributed by atoms with Crippen LogP contribution in [0.25, 0.3) is 0 Å². The molecule has 0 aliphatic carbocycles. The minimum atomic E-state index is -3.63. The van der Waals surface area contributed by atoms with Gasteiger partial charge in [-0.25, -0.2) is 16.8 Å². The molecule has 1 N–H and O–H groups in total. The lowest BCUT2D eigenvalue weighted by atomic mass is 10.0. The minimum Gasteiger partial charge on any atom is -0.322 e. The smallest absolute Gasteiger partial charge is 0.255 e. The molecule has 2 aromatic carbocycles. The predicted octanol–water partition coefficient (Wildman–Crippen LogP) is 3.68. The van der Waals surface area contributed by atoms with E-state index >= 15 is 0 Å². The van der Waals surface area contributed by atoms with Gasteiger partial charge in [-0.05, 0) is 74.6 Å². The monoisotopic (exact) mass is 505 g/mol. The van der Waals surface area contributed by atoms with Crippen LogP contribution in [-0.2, 0) is 20.0 Å². The van der Waals surface area contributed by atoms with Crippen LogP contribution in [0.1, 0.15) is 55.8 Å². The second kappa shape index (κ2) is 10.2. The van der Waals surface area contributed by atoms with Crippen molar-refractivity contribution >= 4 is 31.6 Å². The third-order valence-electron chi connectivity index (χ3n) is 6.56. The molecule has 2 heterocycles. The summed E-state index contributed by atoms with van der Waals surface area (Å²) < 4.78 is 54.9. The van der Waals surface area contributed by atoms with E-state index in [4.69, 9.17) is 0 Å². The fourth-order valence-corrected chi connectivity index (χ4v) is 7.95. The molecule has 184 valence electrons. The van der Waals surface area contributed by atoms with Crippen molar-refractivity contribution in [2.24, 2.45) is 0 Å². The van der Waals surface area contributed by atoms with Crippen LogP contribution >= 0.6 is 0 Å². The molecule has 0 saturated carbocycles. The van der Waals surface area contributed by atoms with Gasteiger partial charge in [0.25, 0.3) is 5.91 Å². The number of hydrogen-bond donors (Lipinski definition) is 1. The maximum Gasteiger partial charge on any atom is 0.255 e. The highest BCUT2D eigenvalue weighted by molar-refractivity contribution is 7.89. The molecular formula is C24H31N3O5S2. The molecule has 2 saturated heterocycles. The number of carbonyl (C=O) groups is 1. The summed E-state index contributed by atoms with van der Waals surface area (Å²) in [4.78, 5) is 13.1. The number of benzene rings is 2. The molecule has 1 atom stereocenters. The topological polar surface area (TPSA) is 104 Å². The average molecular weight is 506 g/mol. The number of amides is 1. The van der Waals surface area contributed by atoms with Gasteiger partial charge in [0.2, 0.25) is 20.0 Å². The molecule has 10 heteroatoms. The Balaban J connectivity index is 1.48. The molecule has 2 aliphatic rings. The van der Waals surface area contributed by atoms with Crippen LogP contribution in [0.15, 0.2) is 58.3 Å². The van der Waals surface area contributed by atoms with Gasteiger partial charge in [0.05, 0.1) is 9.79 Å². The van der Waals surface area contributed by atoms with Crippen molar-refractivity contribution in [3.8, 4) is 0 Å². The van der Waals surface area contributed by atoms with Gasteiger partial charge >= 0.3 is 0 Å². The quantitative estimate of drug-likeness (QED) is 0.618. The lowest BCUT2D eigenvalue weighted by Gasteiger charge is -2.34. The van der Waals surface area contributed by atoms with Gasteiger partial charge in [-0.2, -0.15) is 8.61 Å². The summed E-state index contributed by atoms with van der Waals surface area (Å²) in [7, 11) is -7.23. The first kappa shape index (κ1) is 24.8. The van der Waals surface area contributed by atoms with Crippen LogP contribution in [0.4, 0.5) is 5.69 Å². The highest BCUT2D eigenvalue weighted by Gasteiger charge is 2.32. The number of rotatable bonds is 7. The first-order chi connectivity index (χ1) is 16.2. The number of piperidine rings is 1. The van der Waals surface area contributed by atoms with E-state index in [-0.39, 0.29) is 21.4 Å². The zero-order valence-corrected chi connectivity index (χ0v) is 20.9. The second-order valence-electron chi connectivity index (χ2n) is 8.79. The molecule has 1 unspecified atom stereocenters. The van der Waals surface area contributed by atoms with E-state index in [1.807, 2.05) is 6.92 Å². The van der Waals surface area contributed by atoms with E-state index in [0.717, 1.165) is 38.5 Å². The van der Waals surface area contributed by atoms with Gasteiger partial charge in [0, 0.05) is 36.9 Å². The number of carbonyl (C=O) groups excluding carboxylic acids is 1. The minimum absolute atomic E-state index is 0.0160. The number of nitrogens with zero attached hydrogens (tertiary/aromatic N) is 2. The Morgan fingerprint density at radius 2 is 1.56 bits per heavy atom.